The lowest BCUT2D eigenvalue weighted by molar-refractivity contribution is -0.937. The Morgan fingerprint density at radius 2 is 0.829 bits per heavy atom. The zero-order chi connectivity index (χ0) is 25.3. The third-order valence-corrected chi connectivity index (χ3v) is 7.64. The first kappa shape index (κ1) is 37.5. The summed E-state index contributed by atoms with van der Waals surface area (Å²) in [6, 6.07) is 0. The van der Waals surface area contributed by atoms with E-state index in [1.807, 2.05) is 6.92 Å². The predicted octanol–water partition coefficient (Wildman–Crippen LogP) is 6.41. The highest BCUT2D eigenvalue weighted by molar-refractivity contribution is 4.52. The fourth-order valence-electron chi connectivity index (χ4n) is 4.86. The normalized spacial score (nSPS) is 13.5. The van der Waals surface area contributed by atoms with Crippen LogP contribution in [0.3, 0.4) is 0 Å². The van der Waals surface area contributed by atoms with Gasteiger partial charge in [-0.25, -0.2) is 0 Å². The van der Waals surface area contributed by atoms with Crippen LogP contribution in [0, 0.1) is 0 Å². The van der Waals surface area contributed by atoms with Crippen molar-refractivity contribution in [1.82, 2.24) is 0 Å². The summed E-state index contributed by atoms with van der Waals surface area (Å²) in [5.41, 5.74) is 0. The van der Waals surface area contributed by atoms with E-state index in [2.05, 4.69) is 27.9 Å². The third kappa shape index (κ3) is 27.2. The molecular formula is C31H66BrNO2. The first-order valence-corrected chi connectivity index (χ1v) is 15.5. The number of quaternary nitrogens is 1. The van der Waals surface area contributed by atoms with Crippen LogP contribution in [0.1, 0.15) is 162 Å². The van der Waals surface area contributed by atoms with E-state index < -0.39 is 0 Å². The average Bonchev–Trinajstić information content (AvgIpc) is 2.79. The Kier molecular flexibility index (Phi) is 29.4. The number of nitrogens with zero attached hydrogens (tertiary/aromatic N) is 1. The van der Waals surface area contributed by atoms with Crippen LogP contribution in [0.25, 0.3) is 0 Å². The van der Waals surface area contributed by atoms with Crippen LogP contribution >= 0.6 is 0 Å². The number of halogens is 1. The molecule has 0 radical (unpaired) electrons. The Morgan fingerprint density at radius 3 is 1.11 bits per heavy atom. The van der Waals surface area contributed by atoms with Gasteiger partial charge in [0.15, 0.2) is 6.23 Å². The van der Waals surface area contributed by atoms with Gasteiger partial charge in [-0.05, 0) is 13.3 Å². The lowest BCUT2D eigenvalue weighted by Crippen LogP contribution is -3.00. The maximum atomic E-state index is 9.80. The molecule has 0 heterocycles. The Labute approximate surface area is 232 Å². The van der Waals surface area contributed by atoms with Gasteiger partial charge in [0, 0.05) is 13.5 Å². The van der Waals surface area contributed by atoms with E-state index in [1.54, 1.807) is 0 Å². The zero-order valence-electron chi connectivity index (χ0n) is 24.8. The van der Waals surface area contributed by atoms with Gasteiger partial charge in [-0.1, -0.05) is 142 Å². The lowest BCUT2D eigenvalue weighted by atomic mass is 10.0. The van der Waals surface area contributed by atoms with Gasteiger partial charge in [0.2, 0.25) is 0 Å². The number of rotatable bonds is 27. The minimum atomic E-state index is -0.347. The maximum Gasteiger partial charge on any atom is 0.187 e. The maximum absolute atomic E-state index is 9.80. The largest absolute Gasteiger partial charge is 1.00 e. The molecule has 0 spiro atoms. The van der Waals surface area contributed by atoms with Gasteiger partial charge >= 0.3 is 0 Å². The second-order valence-corrected chi connectivity index (χ2v) is 11.7. The molecule has 0 fully saturated rings. The number of ether oxygens (including phenoxy) is 1. The fourth-order valence-corrected chi connectivity index (χ4v) is 4.86. The van der Waals surface area contributed by atoms with Crippen molar-refractivity contribution in [3.05, 3.63) is 0 Å². The lowest BCUT2D eigenvalue weighted by Gasteiger charge is -2.34. The van der Waals surface area contributed by atoms with E-state index in [0.29, 0.717) is 4.48 Å². The summed E-state index contributed by atoms with van der Waals surface area (Å²) in [5, 5.41) is 9.80. The van der Waals surface area contributed by atoms with E-state index in [-0.39, 0.29) is 29.3 Å². The van der Waals surface area contributed by atoms with E-state index >= 15 is 0 Å². The number of unbranched alkanes of at least 4 members (excludes halogenated alkanes) is 21. The quantitative estimate of drug-likeness (QED) is 0.0710. The van der Waals surface area contributed by atoms with Crippen LogP contribution in [-0.2, 0) is 4.74 Å². The Morgan fingerprint density at radius 1 is 0.543 bits per heavy atom. The minimum Gasteiger partial charge on any atom is -1.00 e. The molecule has 35 heavy (non-hydrogen) atoms. The standard InChI is InChI=1S/C31H66NO2.BrH/c1-6-7-8-9-10-11-12-13-14-15-16-17-18-19-20-21-22-23-24-25-26-27-28-34-30(2)29-32(4,5)31(3)33;/h30-31,33H,6-29H2,1-5H3;1H/q+1;/p-1. The van der Waals surface area contributed by atoms with Crippen LogP contribution in [0.15, 0.2) is 0 Å². The zero-order valence-corrected chi connectivity index (χ0v) is 26.4. The predicted molar refractivity (Wildman–Crippen MR) is 151 cm³/mol. The molecule has 0 aromatic heterocycles. The van der Waals surface area contributed by atoms with E-state index in [1.165, 1.54) is 141 Å². The molecule has 214 valence electrons. The monoisotopic (exact) mass is 563 g/mol. The number of hydrogen-bond donors (Lipinski definition) is 1. The first-order valence-electron chi connectivity index (χ1n) is 15.5. The number of aliphatic hydroxyl groups is 1. The van der Waals surface area contributed by atoms with E-state index in [4.69, 9.17) is 4.74 Å². The van der Waals surface area contributed by atoms with Crippen molar-refractivity contribution in [2.75, 3.05) is 27.2 Å². The average molecular weight is 565 g/mol. The number of aliphatic hydroxyl groups excluding tert-OH is 1. The van der Waals surface area contributed by atoms with Crippen molar-refractivity contribution in [3.8, 4) is 0 Å². The SMILES string of the molecule is CCCCCCCCCCCCCCCCCCCCCCCCOC(C)C[N+](C)(C)C(C)O.[Br-]. The number of likely N-dealkylation sites (N-methyl/N-ethyl adjacent to an activating group) is 1. The van der Waals surface area contributed by atoms with Gasteiger partial charge < -0.3 is 31.3 Å². The van der Waals surface area contributed by atoms with Crippen LogP contribution < -0.4 is 17.0 Å². The molecule has 2 atom stereocenters. The summed E-state index contributed by atoms with van der Waals surface area (Å²) in [4.78, 5) is 0. The molecule has 0 saturated heterocycles. The van der Waals surface area contributed by atoms with Crippen molar-refractivity contribution in [1.29, 1.82) is 0 Å². The molecule has 0 rings (SSSR count). The molecule has 3 nitrogen and oxygen atoms in total. The summed E-state index contributed by atoms with van der Waals surface area (Å²) in [6.45, 7) is 8.00. The summed E-state index contributed by atoms with van der Waals surface area (Å²) < 4.78 is 6.54. The van der Waals surface area contributed by atoms with Crippen molar-refractivity contribution >= 4 is 0 Å². The molecule has 0 saturated carbocycles. The molecular weight excluding hydrogens is 498 g/mol. The topological polar surface area (TPSA) is 29.5 Å². The summed E-state index contributed by atoms with van der Waals surface area (Å²) in [5.74, 6) is 0. The second kappa shape index (κ2) is 27.4. The first-order chi connectivity index (χ1) is 16.4. The van der Waals surface area contributed by atoms with Gasteiger partial charge in [-0.15, -0.1) is 0 Å². The molecule has 1 N–H and O–H groups in total. The Balaban J connectivity index is 0. The van der Waals surface area contributed by atoms with Crippen molar-refractivity contribution < 1.29 is 31.3 Å². The van der Waals surface area contributed by atoms with Crippen molar-refractivity contribution in [3.63, 3.8) is 0 Å². The van der Waals surface area contributed by atoms with Crippen LogP contribution in [0.5, 0.6) is 0 Å². The molecule has 0 aliphatic carbocycles. The molecule has 0 aromatic carbocycles. The molecule has 0 aliphatic heterocycles. The van der Waals surface area contributed by atoms with Crippen LogP contribution in [0.2, 0.25) is 0 Å². The Hall–Kier alpha value is 0.360. The van der Waals surface area contributed by atoms with Crippen molar-refractivity contribution in [2.45, 2.75) is 174 Å². The molecule has 4 heteroatoms. The third-order valence-electron chi connectivity index (χ3n) is 7.64. The van der Waals surface area contributed by atoms with Gasteiger partial charge in [-0.3, -0.25) is 0 Å². The summed E-state index contributed by atoms with van der Waals surface area (Å²) in [7, 11) is 4.12. The highest BCUT2D eigenvalue weighted by Crippen LogP contribution is 2.15. The molecule has 0 aliphatic rings. The molecule has 0 amide bonds. The number of hydrogen-bond acceptors (Lipinski definition) is 2. The summed E-state index contributed by atoms with van der Waals surface area (Å²) >= 11 is 0. The summed E-state index contributed by atoms with van der Waals surface area (Å²) in [6.07, 6.45) is 31.2. The smallest absolute Gasteiger partial charge is 0.187 e. The van der Waals surface area contributed by atoms with Gasteiger partial charge in [0.25, 0.3) is 0 Å². The van der Waals surface area contributed by atoms with Gasteiger partial charge in [0.1, 0.15) is 12.6 Å². The molecule has 0 bridgehead atoms. The highest BCUT2D eigenvalue weighted by Gasteiger charge is 2.24. The van der Waals surface area contributed by atoms with Crippen molar-refractivity contribution in [2.24, 2.45) is 0 Å². The molecule has 0 aromatic rings. The van der Waals surface area contributed by atoms with Crippen LogP contribution in [-0.4, -0.2) is 49.2 Å². The minimum absolute atomic E-state index is 0. The second-order valence-electron chi connectivity index (χ2n) is 11.7. The van der Waals surface area contributed by atoms with Crippen LogP contribution in [0.4, 0.5) is 0 Å². The van der Waals surface area contributed by atoms with Gasteiger partial charge in [-0.2, -0.15) is 0 Å². The van der Waals surface area contributed by atoms with Gasteiger partial charge in [0.05, 0.1) is 14.1 Å². The van der Waals surface area contributed by atoms with E-state index in [0.717, 1.165) is 13.2 Å². The molecule has 2 unspecified atom stereocenters. The highest BCUT2D eigenvalue weighted by atomic mass is 79.9. The van der Waals surface area contributed by atoms with E-state index in [9.17, 15) is 5.11 Å². The fraction of sp³-hybridized carbons (Fsp3) is 1.00. The Bertz CT molecular complexity index is 403.